The highest BCUT2D eigenvalue weighted by atomic mass is 35.5. The van der Waals surface area contributed by atoms with Gasteiger partial charge < -0.3 is 14.4 Å². The SMILES string of the molecule is CCCN1c2cc(OC)c(C=Nc3ccc(Oc4cccc(Cl)c4)cc3)cc2C(C)CC1(C)C. The molecule has 3 aromatic carbocycles. The van der Waals surface area contributed by atoms with Gasteiger partial charge in [0.2, 0.25) is 0 Å². The summed E-state index contributed by atoms with van der Waals surface area (Å²) in [7, 11) is 1.72. The normalized spacial score (nSPS) is 17.0. The maximum atomic E-state index is 6.04. The summed E-state index contributed by atoms with van der Waals surface area (Å²) >= 11 is 6.04. The molecule has 0 radical (unpaired) electrons. The lowest BCUT2D eigenvalue weighted by molar-refractivity contribution is 0.372. The Hall–Kier alpha value is -2.98. The number of ether oxygens (including phenoxy) is 2. The summed E-state index contributed by atoms with van der Waals surface area (Å²) < 4.78 is 11.6. The largest absolute Gasteiger partial charge is 0.496 e. The molecule has 3 aromatic rings. The third kappa shape index (κ3) is 5.23. The van der Waals surface area contributed by atoms with Crippen LogP contribution in [0, 0.1) is 0 Å². The van der Waals surface area contributed by atoms with Crippen molar-refractivity contribution in [2.45, 2.75) is 52.0 Å². The summed E-state index contributed by atoms with van der Waals surface area (Å²) in [5.41, 5.74) is 4.60. The van der Waals surface area contributed by atoms with Crippen molar-refractivity contribution >= 4 is 29.2 Å². The van der Waals surface area contributed by atoms with Crippen molar-refractivity contribution < 1.29 is 9.47 Å². The molecule has 0 N–H and O–H groups in total. The van der Waals surface area contributed by atoms with E-state index in [2.05, 4.69) is 44.7 Å². The Balaban J connectivity index is 1.58. The van der Waals surface area contributed by atoms with Crippen molar-refractivity contribution in [3.63, 3.8) is 0 Å². The molecule has 1 heterocycles. The Kier molecular flexibility index (Phi) is 7.18. The predicted octanol–water partition coefficient (Wildman–Crippen LogP) is 8.39. The van der Waals surface area contributed by atoms with Gasteiger partial charge in [-0.15, -0.1) is 0 Å². The van der Waals surface area contributed by atoms with Crippen molar-refractivity contribution in [1.29, 1.82) is 0 Å². The molecule has 4 rings (SSSR count). The van der Waals surface area contributed by atoms with Crippen LogP contribution in [0.25, 0.3) is 0 Å². The summed E-state index contributed by atoms with van der Waals surface area (Å²) in [5, 5.41) is 0.647. The molecule has 178 valence electrons. The topological polar surface area (TPSA) is 34.1 Å². The lowest BCUT2D eigenvalue weighted by Crippen LogP contribution is -2.48. The maximum absolute atomic E-state index is 6.04. The third-order valence-corrected chi connectivity index (χ3v) is 6.64. The molecule has 1 atom stereocenters. The van der Waals surface area contributed by atoms with Crippen LogP contribution in [0.5, 0.6) is 17.2 Å². The van der Waals surface area contributed by atoms with Crippen LogP contribution in [0.15, 0.2) is 65.7 Å². The van der Waals surface area contributed by atoms with Crippen LogP contribution in [0.3, 0.4) is 0 Å². The van der Waals surface area contributed by atoms with Crippen molar-refractivity contribution in [3.8, 4) is 17.2 Å². The Morgan fingerprint density at radius 1 is 1.09 bits per heavy atom. The quantitative estimate of drug-likeness (QED) is 0.321. The number of hydrogen-bond donors (Lipinski definition) is 0. The van der Waals surface area contributed by atoms with Gasteiger partial charge in [0.05, 0.1) is 12.8 Å². The van der Waals surface area contributed by atoms with Crippen LogP contribution in [-0.2, 0) is 0 Å². The Morgan fingerprint density at radius 2 is 1.85 bits per heavy atom. The zero-order valence-electron chi connectivity index (χ0n) is 20.6. The van der Waals surface area contributed by atoms with Gasteiger partial charge in [-0.05, 0) is 86.7 Å². The molecular formula is C29H33ClN2O2. The molecule has 0 saturated heterocycles. The highest BCUT2D eigenvalue weighted by molar-refractivity contribution is 6.30. The minimum atomic E-state index is 0.123. The molecule has 0 aromatic heterocycles. The molecule has 4 nitrogen and oxygen atoms in total. The molecule has 0 aliphatic carbocycles. The van der Waals surface area contributed by atoms with Gasteiger partial charge >= 0.3 is 0 Å². The van der Waals surface area contributed by atoms with Gasteiger partial charge in [0, 0.05) is 40.6 Å². The van der Waals surface area contributed by atoms with Gasteiger partial charge in [-0.2, -0.15) is 0 Å². The van der Waals surface area contributed by atoms with Crippen LogP contribution >= 0.6 is 11.6 Å². The Bertz CT molecular complexity index is 1170. The van der Waals surface area contributed by atoms with Crippen LogP contribution in [0.4, 0.5) is 11.4 Å². The predicted molar refractivity (Wildman–Crippen MR) is 143 cm³/mol. The number of benzene rings is 3. The number of anilines is 1. The van der Waals surface area contributed by atoms with Crippen LogP contribution in [-0.4, -0.2) is 25.4 Å². The molecule has 0 spiro atoms. The monoisotopic (exact) mass is 476 g/mol. The molecule has 0 fully saturated rings. The van der Waals surface area contributed by atoms with E-state index in [9.17, 15) is 0 Å². The van der Waals surface area contributed by atoms with E-state index in [4.69, 9.17) is 26.1 Å². The number of nitrogens with zero attached hydrogens (tertiary/aromatic N) is 2. The summed E-state index contributed by atoms with van der Waals surface area (Å²) in [6.07, 6.45) is 4.12. The summed E-state index contributed by atoms with van der Waals surface area (Å²) in [6, 6.07) is 19.5. The first-order chi connectivity index (χ1) is 16.3. The van der Waals surface area contributed by atoms with E-state index in [0.717, 1.165) is 42.1 Å². The van der Waals surface area contributed by atoms with Gasteiger partial charge in [0.15, 0.2) is 0 Å². The van der Waals surface area contributed by atoms with Gasteiger partial charge in [-0.25, -0.2) is 0 Å². The first-order valence-electron chi connectivity index (χ1n) is 11.9. The van der Waals surface area contributed by atoms with E-state index in [1.165, 1.54) is 11.3 Å². The standard InChI is InChI=1S/C29H33ClN2O2/c1-6-14-32-27-17-28(33-5)21(15-26(27)20(2)18-29(32,3)4)19-31-23-10-12-24(13-11-23)34-25-9-7-8-22(30)16-25/h7-13,15-17,19-20H,6,14,18H2,1-5H3. The Labute approximate surface area is 208 Å². The second kappa shape index (κ2) is 10.1. The van der Waals surface area contributed by atoms with E-state index >= 15 is 0 Å². The molecule has 1 unspecified atom stereocenters. The van der Waals surface area contributed by atoms with Crippen molar-refractivity contribution in [3.05, 3.63) is 76.8 Å². The average molecular weight is 477 g/mol. The maximum Gasteiger partial charge on any atom is 0.129 e. The zero-order valence-corrected chi connectivity index (χ0v) is 21.4. The number of methoxy groups -OCH3 is 1. The van der Waals surface area contributed by atoms with Gasteiger partial charge in [-0.3, -0.25) is 4.99 Å². The number of halogens is 1. The van der Waals surface area contributed by atoms with E-state index in [1.54, 1.807) is 13.2 Å². The molecule has 0 amide bonds. The minimum absolute atomic E-state index is 0.123. The molecule has 0 saturated carbocycles. The highest BCUT2D eigenvalue weighted by Gasteiger charge is 2.36. The molecule has 1 aliphatic heterocycles. The van der Waals surface area contributed by atoms with E-state index in [-0.39, 0.29) is 5.54 Å². The second-order valence-electron chi connectivity index (χ2n) is 9.53. The smallest absolute Gasteiger partial charge is 0.129 e. The van der Waals surface area contributed by atoms with E-state index in [1.807, 2.05) is 48.7 Å². The minimum Gasteiger partial charge on any atom is -0.496 e. The third-order valence-electron chi connectivity index (χ3n) is 6.41. The summed E-state index contributed by atoms with van der Waals surface area (Å²) in [6.45, 7) is 10.3. The van der Waals surface area contributed by atoms with Crippen LogP contribution in [0.2, 0.25) is 5.02 Å². The molecule has 5 heteroatoms. The Morgan fingerprint density at radius 3 is 2.53 bits per heavy atom. The summed E-state index contributed by atoms with van der Waals surface area (Å²) in [4.78, 5) is 7.24. The van der Waals surface area contributed by atoms with E-state index in [0.29, 0.717) is 16.7 Å². The first-order valence-corrected chi connectivity index (χ1v) is 12.3. The van der Waals surface area contributed by atoms with Crippen LogP contribution in [0.1, 0.15) is 57.6 Å². The zero-order chi connectivity index (χ0) is 24.3. The van der Waals surface area contributed by atoms with Gasteiger partial charge in [-0.1, -0.05) is 31.5 Å². The van der Waals surface area contributed by atoms with Crippen molar-refractivity contribution in [1.82, 2.24) is 0 Å². The molecular weight excluding hydrogens is 444 g/mol. The number of aliphatic imine (C=N–C) groups is 1. The number of hydrogen-bond acceptors (Lipinski definition) is 4. The van der Waals surface area contributed by atoms with Gasteiger partial charge in [0.25, 0.3) is 0 Å². The van der Waals surface area contributed by atoms with E-state index < -0.39 is 0 Å². The fourth-order valence-corrected chi connectivity index (χ4v) is 5.04. The number of fused-ring (bicyclic) bond motifs is 1. The number of rotatable bonds is 7. The highest BCUT2D eigenvalue weighted by Crippen LogP contribution is 2.45. The molecule has 0 bridgehead atoms. The summed E-state index contributed by atoms with van der Waals surface area (Å²) in [5.74, 6) is 2.76. The average Bonchev–Trinajstić information content (AvgIpc) is 2.80. The second-order valence-corrected chi connectivity index (χ2v) is 9.97. The van der Waals surface area contributed by atoms with Crippen molar-refractivity contribution in [2.75, 3.05) is 18.6 Å². The fraction of sp³-hybridized carbons (Fsp3) is 0.345. The van der Waals surface area contributed by atoms with Crippen molar-refractivity contribution in [2.24, 2.45) is 4.99 Å². The molecule has 34 heavy (non-hydrogen) atoms. The molecule has 1 aliphatic rings. The lowest BCUT2D eigenvalue weighted by Gasteiger charge is -2.47. The fourth-order valence-electron chi connectivity index (χ4n) is 4.86. The lowest BCUT2D eigenvalue weighted by atomic mass is 9.79. The first kappa shape index (κ1) is 24.2. The van der Waals surface area contributed by atoms with Crippen LogP contribution < -0.4 is 14.4 Å². The van der Waals surface area contributed by atoms with Gasteiger partial charge in [0.1, 0.15) is 17.2 Å².